The molecule has 11 heteroatoms. The summed E-state index contributed by atoms with van der Waals surface area (Å²) in [5.74, 6) is -0.459. The van der Waals surface area contributed by atoms with Gasteiger partial charge >= 0.3 is 6.03 Å². The average Bonchev–Trinajstić information content (AvgIpc) is 3.03. The minimum atomic E-state index is -3.98. The predicted octanol–water partition coefficient (Wildman–Crippen LogP) is 5.83. The smallest absolute Gasteiger partial charge is 0.321 e. The van der Waals surface area contributed by atoms with E-state index in [0.717, 1.165) is 26.8 Å². The van der Waals surface area contributed by atoms with E-state index in [9.17, 15) is 18.0 Å². The average molecular weight is 632 g/mol. The number of nitrogens with one attached hydrogen (secondary N) is 2. The van der Waals surface area contributed by atoms with Crippen LogP contribution in [0.3, 0.4) is 0 Å². The number of sulfonamides is 1. The first-order valence-electron chi connectivity index (χ1n) is 14.2. The van der Waals surface area contributed by atoms with Crippen LogP contribution in [0.2, 0.25) is 5.02 Å². The van der Waals surface area contributed by atoms with Crippen molar-refractivity contribution < 1.29 is 18.0 Å². The van der Waals surface area contributed by atoms with Gasteiger partial charge in [-0.2, -0.15) is 4.31 Å². The molecule has 1 fully saturated rings. The van der Waals surface area contributed by atoms with Crippen molar-refractivity contribution in [2.24, 2.45) is 0 Å². The topological polar surface area (TPSA) is 102 Å². The minimum Gasteiger partial charge on any atom is -0.368 e. The second kappa shape index (κ2) is 13.9. The Bertz CT molecular complexity index is 1680. The lowest BCUT2D eigenvalue weighted by Crippen LogP contribution is -2.50. The summed E-state index contributed by atoms with van der Waals surface area (Å²) >= 11 is 5.96. The number of anilines is 3. The fourth-order valence-corrected chi connectivity index (χ4v) is 6.40. The Labute approximate surface area is 263 Å². The van der Waals surface area contributed by atoms with E-state index in [2.05, 4.69) is 15.5 Å². The highest BCUT2D eigenvalue weighted by Gasteiger charge is 2.27. The summed E-state index contributed by atoms with van der Waals surface area (Å²) in [4.78, 5) is 29.8. The summed E-state index contributed by atoms with van der Waals surface area (Å²) in [5, 5.41) is 6.19. The summed E-state index contributed by atoms with van der Waals surface area (Å²) in [6.45, 7) is 4.17. The van der Waals surface area contributed by atoms with Gasteiger partial charge in [-0.1, -0.05) is 59.6 Å². The van der Waals surface area contributed by atoms with Crippen LogP contribution in [0.15, 0.2) is 108 Å². The Morgan fingerprint density at radius 1 is 0.773 bits per heavy atom. The predicted molar refractivity (Wildman–Crippen MR) is 175 cm³/mol. The van der Waals surface area contributed by atoms with Gasteiger partial charge in [0.05, 0.1) is 11.4 Å². The number of halogens is 1. The second-order valence-electron chi connectivity index (χ2n) is 10.6. The van der Waals surface area contributed by atoms with Crippen LogP contribution in [0.4, 0.5) is 21.9 Å². The zero-order valence-corrected chi connectivity index (χ0v) is 25.9. The Morgan fingerprint density at radius 2 is 1.36 bits per heavy atom. The van der Waals surface area contributed by atoms with Crippen LogP contribution >= 0.6 is 11.6 Å². The van der Waals surface area contributed by atoms with Crippen molar-refractivity contribution in [3.05, 3.63) is 119 Å². The summed E-state index contributed by atoms with van der Waals surface area (Å²) in [6.07, 6.45) is 0. The van der Waals surface area contributed by atoms with Gasteiger partial charge in [0.15, 0.2) is 0 Å². The molecule has 1 heterocycles. The molecule has 2 N–H and O–H groups in total. The fourth-order valence-electron chi connectivity index (χ4n) is 4.89. The lowest BCUT2D eigenvalue weighted by Gasteiger charge is -2.36. The molecule has 0 unspecified atom stereocenters. The van der Waals surface area contributed by atoms with E-state index in [4.69, 9.17) is 11.6 Å². The van der Waals surface area contributed by atoms with Gasteiger partial charge in [-0.05, 0) is 73.2 Å². The first-order valence-corrected chi connectivity index (χ1v) is 16.1. The SMILES string of the molecule is Cc1ccc(NC(=O)N2CCN(c3ccc(NC(=O)CN(Cc4ccccc4)S(=O)(=O)c4ccc(Cl)cc4)cc3)CC2)cc1. The van der Waals surface area contributed by atoms with Gasteiger partial charge < -0.3 is 20.4 Å². The summed E-state index contributed by atoms with van der Waals surface area (Å²) in [7, 11) is -3.98. The maximum atomic E-state index is 13.5. The molecule has 0 saturated carbocycles. The van der Waals surface area contributed by atoms with Crippen molar-refractivity contribution in [2.75, 3.05) is 48.3 Å². The van der Waals surface area contributed by atoms with E-state index < -0.39 is 15.9 Å². The Balaban J connectivity index is 1.18. The first kappa shape index (κ1) is 31.1. The van der Waals surface area contributed by atoms with Crippen LogP contribution in [0.25, 0.3) is 0 Å². The van der Waals surface area contributed by atoms with Crippen molar-refractivity contribution in [1.82, 2.24) is 9.21 Å². The molecule has 4 aromatic carbocycles. The zero-order chi connectivity index (χ0) is 31.1. The van der Waals surface area contributed by atoms with Crippen molar-refractivity contribution in [3.63, 3.8) is 0 Å². The van der Waals surface area contributed by atoms with Gasteiger partial charge in [0.1, 0.15) is 0 Å². The van der Waals surface area contributed by atoms with E-state index >= 15 is 0 Å². The van der Waals surface area contributed by atoms with Crippen molar-refractivity contribution in [3.8, 4) is 0 Å². The highest BCUT2D eigenvalue weighted by Crippen LogP contribution is 2.23. The molecule has 4 aromatic rings. The molecule has 0 atom stereocenters. The molecule has 5 rings (SSSR count). The number of carbonyl (C=O) groups excluding carboxylic acids is 2. The molecule has 3 amide bonds. The van der Waals surface area contributed by atoms with E-state index in [1.807, 2.05) is 73.7 Å². The molecule has 0 aliphatic carbocycles. The minimum absolute atomic E-state index is 0.0349. The first-order chi connectivity index (χ1) is 21.2. The zero-order valence-electron chi connectivity index (χ0n) is 24.3. The summed E-state index contributed by atoms with van der Waals surface area (Å²) in [6, 6.07) is 30.0. The van der Waals surface area contributed by atoms with Crippen LogP contribution in [0.5, 0.6) is 0 Å². The van der Waals surface area contributed by atoms with Crippen LogP contribution in [-0.2, 0) is 21.4 Å². The van der Waals surface area contributed by atoms with Gasteiger partial charge in [-0.3, -0.25) is 4.79 Å². The van der Waals surface area contributed by atoms with E-state index in [1.165, 1.54) is 24.3 Å². The number of benzene rings is 4. The van der Waals surface area contributed by atoms with Gasteiger partial charge in [0.25, 0.3) is 0 Å². The number of piperazine rings is 1. The number of urea groups is 1. The normalized spacial score (nSPS) is 13.5. The van der Waals surface area contributed by atoms with Gasteiger partial charge in [0, 0.05) is 54.8 Å². The largest absolute Gasteiger partial charge is 0.368 e. The fraction of sp³-hybridized carbons (Fsp3) is 0.212. The molecule has 0 bridgehead atoms. The maximum Gasteiger partial charge on any atom is 0.321 e. The third kappa shape index (κ3) is 7.96. The third-order valence-corrected chi connectivity index (χ3v) is 9.42. The maximum absolute atomic E-state index is 13.5. The molecule has 228 valence electrons. The Morgan fingerprint density at radius 3 is 2.00 bits per heavy atom. The lowest BCUT2D eigenvalue weighted by atomic mass is 10.2. The molecule has 9 nitrogen and oxygen atoms in total. The van der Waals surface area contributed by atoms with Gasteiger partial charge in [0.2, 0.25) is 15.9 Å². The quantitative estimate of drug-likeness (QED) is 0.242. The van der Waals surface area contributed by atoms with Gasteiger partial charge in [-0.15, -0.1) is 0 Å². The Kier molecular flexibility index (Phi) is 9.84. The highest BCUT2D eigenvalue weighted by atomic mass is 35.5. The van der Waals surface area contributed by atoms with E-state index in [-0.39, 0.29) is 24.0 Å². The molecule has 0 spiro atoms. The molecular formula is C33H34ClN5O4S. The standard InChI is InChI=1S/C33H34ClN5O4S/c1-25-7-11-29(12-8-25)36-33(41)38-21-19-37(20-22-38)30-15-13-28(14-16-30)35-32(40)24-39(23-26-5-3-2-4-6-26)44(42,43)31-17-9-27(34)10-18-31/h2-18H,19-24H2,1H3,(H,35,40)(H,36,41). The van der Waals surface area contributed by atoms with Gasteiger partial charge in [-0.25, -0.2) is 13.2 Å². The molecule has 1 aliphatic rings. The summed E-state index contributed by atoms with van der Waals surface area (Å²) in [5.41, 5.74) is 4.19. The molecular weight excluding hydrogens is 598 g/mol. The van der Waals surface area contributed by atoms with E-state index in [0.29, 0.717) is 36.9 Å². The number of hydrogen-bond acceptors (Lipinski definition) is 5. The van der Waals surface area contributed by atoms with Crippen LogP contribution in [0.1, 0.15) is 11.1 Å². The number of rotatable bonds is 9. The monoisotopic (exact) mass is 631 g/mol. The van der Waals surface area contributed by atoms with Crippen molar-refractivity contribution >= 4 is 50.6 Å². The molecule has 1 aliphatic heterocycles. The molecule has 0 radical (unpaired) electrons. The van der Waals surface area contributed by atoms with Crippen LogP contribution < -0.4 is 15.5 Å². The number of nitrogens with zero attached hydrogens (tertiary/aromatic N) is 3. The number of carbonyl (C=O) groups is 2. The van der Waals surface area contributed by atoms with E-state index in [1.54, 1.807) is 17.0 Å². The van der Waals surface area contributed by atoms with Crippen LogP contribution in [-0.4, -0.2) is 62.3 Å². The van der Waals surface area contributed by atoms with Crippen molar-refractivity contribution in [2.45, 2.75) is 18.4 Å². The second-order valence-corrected chi connectivity index (χ2v) is 13.0. The Hall–Kier alpha value is -4.38. The number of amides is 3. The molecule has 0 aromatic heterocycles. The number of hydrogen-bond donors (Lipinski definition) is 2. The lowest BCUT2D eigenvalue weighted by molar-refractivity contribution is -0.116. The summed E-state index contributed by atoms with van der Waals surface area (Å²) < 4.78 is 28.1. The number of aryl methyl sites for hydroxylation is 1. The van der Waals surface area contributed by atoms with Crippen LogP contribution in [0, 0.1) is 6.92 Å². The molecule has 44 heavy (non-hydrogen) atoms. The molecule has 1 saturated heterocycles. The highest BCUT2D eigenvalue weighted by molar-refractivity contribution is 7.89. The third-order valence-electron chi connectivity index (χ3n) is 7.36. The van der Waals surface area contributed by atoms with Crippen molar-refractivity contribution in [1.29, 1.82) is 0 Å².